The van der Waals surface area contributed by atoms with E-state index in [1.807, 2.05) is 0 Å². The van der Waals surface area contributed by atoms with Gasteiger partial charge in [0.15, 0.2) is 11.5 Å². The summed E-state index contributed by atoms with van der Waals surface area (Å²) in [6.07, 6.45) is 1.01. The lowest BCUT2D eigenvalue weighted by atomic mass is 9.97. The van der Waals surface area contributed by atoms with Crippen LogP contribution in [-0.4, -0.2) is 64.9 Å². The van der Waals surface area contributed by atoms with Crippen LogP contribution >= 0.6 is 0 Å². The van der Waals surface area contributed by atoms with E-state index in [1.54, 1.807) is 21.3 Å². The lowest BCUT2D eigenvalue weighted by molar-refractivity contribution is 0.219. The molecular formula is C16H26N2O3. The summed E-state index contributed by atoms with van der Waals surface area (Å²) in [5, 5.41) is 0. The Morgan fingerprint density at radius 3 is 2.38 bits per heavy atom. The molecule has 5 heteroatoms. The van der Waals surface area contributed by atoms with Crippen LogP contribution in [0.4, 0.5) is 0 Å². The Morgan fingerprint density at radius 1 is 1.10 bits per heavy atom. The predicted octanol–water partition coefficient (Wildman–Crippen LogP) is 1.63. The molecule has 0 saturated heterocycles. The zero-order chi connectivity index (χ0) is 15.4. The lowest BCUT2D eigenvalue weighted by Crippen LogP contribution is -2.36. The van der Waals surface area contributed by atoms with E-state index in [2.05, 4.69) is 30.0 Å². The average Bonchev–Trinajstić information content (AvgIpc) is 2.50. The Hall–Kier alpha value is -1.46. The first kappa shape index (κ1) is 15.9. The van der Waals surface area contributed by atoms with Gasteiger partial charge in [-0.1, -0.05) is 0 Å². The van der Waals surface area contributed by atoms with Gasteiger partial charge in [-0.3, -0.25) is 4.90 Å². The summed E-state index contributed by atoms with van der Waals surface area (Å²) in [4.78, 5) is 4.66. The number of benzene rings is 1. The summed E-state index contributed by atoms with van der Waals surface area (Å²) in [5.74, 6) is 2.24. The van der Waals surface area contributed by atoms with Crippen molar-refractivity contribution < 1.29 is 14.2 Å². The molecule has 0 bridgehead atoms. The molecule has 0 radical (unpaired) electrons. The number of likely N-dealkylation sites (N-methyl/N-ethyl adjacent to an activating group) is 1. The molecule has 1 aromatic rings. The third kappa shape index (κ3) is 3.41. The fraction of sp³-hybridized carbons (Fsp3) is 0.625. The summed E-state index contributed by atoms with van der Waals surface area (Å²) in [5.41, 5.74) is 2.52. The highest BCUT2D eigenvalue weighted by Crippen LogP contribution is 2.43. The minimum Gasteiger partial charge on any atom is -0.493 e. The monoisotopic (exact) mass is 294 g/mol. The van der Waals surface area contributed by atoms with Crippen molar-refractivity contribution in [1.29, 1.82) is 0 Å². The van der Waals surface area contributed by atoms with Crippen LogP contribution in [0.25, 0.3) is 0 Å². The van der Waals surface area contributed by atoms with Gasteiger partial charge >= 0.3 is 0 Å². The van der Waals surface area contributed by atoms with Crippen molar-refractivity contribution in [2.24, 2.45) is 0 Å². The second-order valence-electron chi connectivity index (χ2n) is 5.61. The molecule has 1 aliphatic heterocycles. The van der Waals surface area contributed by atoms with Gasteiger partial charge in [-0.15, -0.1) is 0 Å². The predicted molar refractivity (Wildman–Crippen MR) is 83.6 cm³/mol. The maximum atomic E-state index is 5.61. The van der Waals surface area contributed by atoms with Crippen molar-refractivity contribution in [1.82, 2.24) is 9.80 Å². The van der Waals surface area contributed by atoms with E-state index in [0.717, 1.165) is 44.1 Å². The van der Waals surface area contributed by atoms with Gasteiger partial charge < -0.3 is 19.1 Å². The Morgan fingerprint density at radius 2 is 1.81 bits per heavy atom. The summed E-state index contributed by atoms with van der Waals surface area (Å²) >= 11 is 0. The van der Waals surface area contributed by atoms with Crippen LogP contribution in [0, 0.1) is 0 Å². The highest BCUT2D eigenvalue weighted by Gasteiger charge is 2.25. The fourth-order valence-electron chi connectivity index (χ4n) is 2.78. The number of fused-ring (bicyclic) bond motifs is 1. The standard InChI is InChI=1S/C16H26N2O3/c1-17(2)8-9-18-7-6-12-10-14(19-3)16(21-5)15(20-4)13(12)11-18/h10H,6-9,11H2,1-5H3. The fourth-order valence-corrected chi connectivity index (χ4v) is 2.78. The molecule has 1 aliphatic rings. The number of ether oxygens (including phenoxy) is 3. The second-order valence-corrected chi connectivity index (χ2v) is 5.61. The van der Waals surface area contributed by atoms with E-state index in [9.17, 15) is 0 Å². The van der Waals surface area contributed by atoms with E-state index in [4.69, 9.17) is 14.2 Å². The molecular weight excluding hydrogens is 268 g/mol. The lowest BCUT2D eigenvalue weighted by Gasteiger charge is -2.31. The van der Waals surface area contributed by atoms with E-state index >= 15 is 0 Å². The van der Waals surface area contributed by atoms with Gasteiger partial charge in [-0.05, 0) is 32.1 Å². The van der Waals surface area contributed by atoms with Gasteiger partial charge in [-0.2, -0.15) is 0 Å². The van der Waals surface area contributed by atoms with Crippen molar-refractivity contribution in [3.05, 3.63) is 17.2 Å². The third-order valence-corrected chi connectivity index (χ3v) is 3.97. The molecule has 0 spiro atoms. The van der Waals surface area contributed by atoms with Gasteiger partial charge in [0.05, 0.1) is 21.3 Å². The molecule has 1 aromatic carbocycles. The first-order valence-electron chi connectivity index (χ1n) is 7.28. The number of hydrogen-bond acceptors (Lipinski definition) is 5. The highest BCUT2D eigenvalue weighted by atomic mass is 16.5. The Kier molecular flexibility index (Phi) is 5.31. The van der Waals surface area contributed by atoms with Gasteiger partial charge in [0.25, 0.3) is 0 Å². The average molecular weight is 294 g/mol. The Bertz CT molecular complexity index is 489. The van der Waals surface area contributed by atoms with E-state index in [-0.39, 0.29) is 0 Å². The molecule has 0 fully saturated rings. The van der Waals surface area contributed by atoms with Crippen LogP contribution < -0.4 is 14.2 Å². The number of methoxy groups -OCH3 is 3. The van der Waals surface area contributed by atoms with Crippen molar-refractivity contribution in [2.75, 3.05) is 55.1 Å². The largest absolute Gasteiger partial charge is 0.493 e. The first-order valence-corrected chi connectivity index (χ1v) is 7.28. The number of nitrogens with zero attached hydrogens (tertiary/aromatic N) is 2. The highest BCUT2D eigenvalue weighted by molar-refractivity contribution is 5.59. The molecule has 0 N–H and O–H groups in total. The van der Waals surface area contributed by atoms with Gasteiger partial charge in [0.1, 0.15) is 0 Å². The molecule has 0 saturated carbocycles. The van der Waals surface area contributed by atoms with Crippen LogP contribution in [0.5, 0.6) is 17.2 Å². The maximum absolute atomic E-state index is 5.61. The van der Waals surface area contributed by atoms with Crippen LogP contribution in [0.3, 0.4) is 0 Å². The van der Waals surface area contributed by atoms with Crippen molar-refractivity contribution in [2.45, 2.75) is 13.0 Å². The maximum Gasteiger partial charge on any atom is 0.203 e. The molecule has 1 heterocycles. The zero-order valence-corrected chi connectivity index (χ0v) is 13.7. The van der Waals surface area contributed by atoms with Gasteiger partial charge in [0, 0.05) is 31.7 Å². The molecule has 0 atom stereocenters. The summed E-state index contributed by atoms with van der Waals surface area (Å²) in [7, 11) is 9.21. The summed E-state index contributed by atoms with van der Waals surface area (Å²) < 4.78 is 16.5. The Balaban J connectivity index is 2.29. The quantitative estimate of drug-likeness (QED) is 0.796. The zero-order valence-electron chi connectivity index (χ0n) is 13.7. The molecule has 21 heavy (non-hydrogen) atoms. The molecule has 0 aliphatic carbocycles. The SMILES string of the molecule is COc1cc2c(c(OC)c1OC)CN(CCN(C)C)CC2. The topological polar surface area (TPSA) is 34.2 Å². The molecule has 5 nitrogen and oxygen atoms in total. The smallest absolute Gasteiger partial charge is 0.203 e. The first-order chi connectivity index (χ1) is 10.1. The minimum atomic E-state index is 0.688. The second kappa shape index (κ2) is 7.00. The van der Waals surface area contributed by atoms with E-state index in [1.165, 1.54) is 11.1 Å². The number of hydrogen-bond donors (Lipinski definition) is 0. The molecule has 0 amide bonds. The summed E-state index contributed by atoms with van der Waals surface area (Å²) in [6, 6.07) is 2.08. The van der Waals surface area contributed by atoms with Crippen LogP contribution in [0.1, 0.15) is 11.1 Å². The van der Waals surface area contributed by atoms with Crippen molar-refractivity contribution in [3.8, 4) is 17.2 Å². The van der Waals surface area contributed by atoms with E-state index in [0.29, 0.717) is 5.75 Å². The molecule has 0 unspecified atom stereocenters. The summed E-state index contributed by atoms with van der Waals surface area (Å²) in [6.45, 7) is 4.08. The molecule has 2 rings (SSSR count). The third-order valence-electron chi connectivity index (χ3n) is 3.97. The van der Waals surface area contributed by atoms with Gasteiger partial charge in [-0.25, -0.2) is 0 Å². The van der Waals surface area contributed by atoms with Crippen molar-refractivity contribution in [3.63, 3.8) is 0 Å². The molecule has 118 valence electrons. The van der Waals surface area contributed by atoms with Crippen molar-refractivity contribution >= 4 is 0 Å². The van der Waals surface area contributed by atoms with E-state index < -0.39 is 0 Å². The van der Waals surface area contributed by atoms with Crippen LogP contribution in [0.2, 0.25) is 0 Å². The van der Waals surface area contributed by atoms with Crippen LogP contribution in [-0.2, 0) is 13.0 Å². The minimum absolute atomic E-state index is 0.688. The number of rotatable bonds is 6. The van der Waals surface area contributed by atoms with Crippen LogP contribution in [0.15, 0.2) is 6.07 Å². The molecule has 0 aromatic heterocycles. The normalized spacial score (nSPS) is 15.0. The van der Waals surface area contributed by atoms with Gasteiger partial charge in [0.2, 0.25) is 5.75 Å². The Labute approximate surface area is 127 Å².